The second-order valence-electron chi connectivity index (χ2n) is 6.98. The number of hydrogen-bond donors (Lipinski definition) is 0. The van der Waals surface area contributed by atoms with E-state index >= 15 is 0 Å². The van der Waals surface area contributed by atoms with Crippen LogP contribution < -0.4 is 9.47 Å². The zero-order valence-corrected chi connectivity index (χ0v) is 16.8. The predicted molar refractivity (Wildman–Crippen MR) is 110 cm³/mol. The minimum absolute atomic E-state index is 0.00435. The molecule has 0 aliphatic heterocycles. The summed E-state index contributed by atoms with van der Waals surface area (Å²) in [5.41, 5.74) is 1.99. The lowest BCUT2D eigenvalue weighted by Gasteiger charge is -2.24. The van der Waals surface area contributed by atoms with E-state index in [0.717, 1.165) is 11.1 Å². The summed E-state index contributed by atoms with van der Waals surface area (Å²) in [4.78, 5) is 14.2. The van der Waals surface area contributed by atoms with Crippen molar-refractivity contribution in [3.63, 3.8) is 0 Å². The molecule has 1 unspecified atom stereocenters. The molecule has 2 rings (SSSR count). The van der Waals surface area contributed by atoms with Crippen LogP contribution in [-0.2, 0) is 4.79 Å². The first kappa shape index (κ1) is 20.6. The molecule has 27 heavy (non-hydrogen) atoms. The maximum absolute atomic E-state index is 12.5. The average molecular weight is 367 g/mol. The topological polar surface area (TPSA) is 38.8 Å². The molecular formula is C23H29NO3. The van der Waals surface area contributed by atoms with Gasteiger partial charge in [-0.05, 0) is 42.2 Å². The van der Waals surface area contributed by atoms with Crippen LogP contribution in [-0.4, -0.2) is 31.6 Å². The van der Waals surface area contributed by atoms with Crippen LogP contribution in [0.25, 0.3) is 6.08 Å². The second-order valence-corrected chi connectivity index (χ2v) is 6.98. The highest BCUT2D eigenvalue weighted by Gasteiger charge is 2.15. The number of likely N-dealkylation sites (N-methyl/N-ethyl adjacent to an activating group) is 1. The maximum atomic E-state index is 12.5. The van der Waals surface area contributed by atoms with Gasteiger partial charge in [0.1, 0.15) is 0 Å². The number of benzene rings is 2. The minimum Gasteiger partial charge on any atom is -0.493 e. The van der Waals surface area contributed by atoms with Gasteiger partial charge >= 0.3 is 0 Å². The van der Waals surface area contributed by atoms with Gasteiger partial charge in [-0.15, -0.1) is 0 Å². The van der Waals surface area contributed by atoms with Crippen molar-refractivity contribution in [2.45, 2.75) is 26.8 Å². The first-order chi connectivity index (χ1) is 12.9. The highest BCUT2D eigenvalue weighted by atomic mass is 16.5. The zero-order chi connectivity index (χ0) is 19.8. The van der Waals surface area contributed by atoms with E-state index < -0.39 is 0 Å². The number of hydrogen-bond acceptors (Lipinski definition) is 3. The van der Waals surface area contributed by atoms with E-state index in [2.05, 4.69) is 13.8 Å². The van der Waals surface area contributed by atoms with Gasteiger partial charge in [0.05, 0.1) is 19.8 Å². The van der Waals surface area contributed by atoms with E-state index in [9.17, 15) is 4.79 Å². The van der Waals surface area contributed by atoms with Gasteiger partial charge in [0.15, 0.2) is 11.5 Å². The Labute approximate surface area is 162 Å². The van der Waals surface area contributed by atoms with Crippen molar-refractivity contribution < 1.29 is 14.3 Å². The fourth-order valence-corrected chi connectivity index (χ4v) is 2.59. The zero-order valence-electron chi connectivity index (χ0n) is 16.8. The molecule has 0 spiro atoms. The Bertz CT molecular complexity index is 768. The average Bonchev–Trinajstić information content (AvgIpc) is 2.70. The Kier molecular flexibility index (Phi) is 7.47. The number of methoxy groups -OCH3 is 1. The minimum atomic E-state index is -0.0505. The Hall–Kier alpha value is -2.75. The normalized spacial score (nSPS) is 12.2. The quantitative estimate of drug-likeness (QED) is 0.619. The van der Waals surface area contributed by atoms with Crippen molar-refractivity contribution in [2.75, 3.05) is 20.8 Å². The Morgan fingerprint density at radius 3 is 2.41 bits per heavy atom. The summed E-state index contributed by atoms with van der Waals surface area (Å²) < 4.78 is 11.2. The highest BCUT2D eigenvalue weighted by molar-refractivity contribution is 5.92. The summed E-state index contributed by atoms with van der Waals surface area (Å²) in [5.74, 6) is 1.76. The number of amides is 1. The summed E-state index contributed by atoms with van der Waals surface area (Å²) in [5, 5.41) is 0. The lowest BCUT2D eigenvalue weighted by atomic mass is 10.1. The van der Waals surface area contributed by atoms with Gasteiger partial charge in [0.2, 0.25) is 5.91 Å². The van der Waals surface area contributed by atoms with Gasteiger partial charge in [-0.1, -0.05) is 50.2 Å². The standard InChI is InChI=1S/C23H29NO3/c1-17(2)16-27-21-13-11-19(15-22(21)26-5)12-14-23(25)24(4)18(3)20-9-7-6-8-10-20/h6-15,17-18H,16H2,1-5H3/b14-12+. The number of carbonyl (C=O) groups excluding carboxylic acids is 1. The van der Waals surface area contributed by atoms with E-state index in [4.69, 9.17) is 9.47 Å². The highest BCUT2D eigenvalue weighted by Crippen LogP contribution is 2.29. The lowest BCUT2D eigenvalue weighted by Crippen LogP contribution is -2.27. The molecule has 0 saturated carbocycles. The fraction of sp³-hybridized carbons (Fsp3) is 0.348. The third-order valence-electron chi connectivity index (χ3n) is 4.39. The fourth-order valence-electron chi connectivity index (χ4n) is 2.59. The predicted octanol–water partition coefficient (Wildman–Crippen LogP) is 4.96. The largest absolute Gasteiger partial charge is 0.493 e. The van der Waals surface area contributed by atoms with Gasteiger partial charge < -0.3 is 14.4 Å². The van der Waals surface area contributed by atoms with Gasteiger partial charge in [-0.2, -0.15) is 0 Å². The Morgan fingerprint density at radius 1 is 1.07 bits per heavy atom. The van der Waals surface area contributed by atoms with Crippen LogP contribution in [0.3, 0.4) is 0 Å². The van der Waals surface area contributed by atoms with Crippen molar-refractivity contribution in [1.29, 1.82) is 0 Å². The first-order valence-electron chi connectivity index (χ1n) is 9.23. The van der Waals surface area contributed by atoms with Gasteiger partial charge in [0.25, 0.3) is 0 Å². The van der Waals surface area contributed by atoms with Crippen LogP contribution in [0.5, 0.6) is 11.5 Å². The number of rotatable bonds is 8. The Morgan fingerprint density at radius 2 is 1.78 bits per heavy atom. The third-order valence-corrected chi connectivity index (χ3v) is 4.39. The van der Waals surface area contributed by atoms with Crippen molar-refractivity contribution in [3.05, 3.63) is 65.7 Å². The maximum Gasteiger partial charge on any atom is 0.246 e. The van der Waals surface area contributed by atoms with Gasteiger partial charge in [0, 0.05) is 13.1 Å². The lowest BCUT2D eigenvalue weighted by molar-refractivity contribution is -0.126. The van der Waals surface area contributed by atoms with Crippen molar-refractivity contribution in [3.8, 4) is 11.5 Å². The molecule has 0 N–H and O–H groups in total. The molecule has 4 nitrogen and oxygen atoms in total. The number of nitrogens with zero attached hydrogens (tertiary/aromatic N) is 1. The molecule has 0 aromatic heterocycles. The summed E-state index contributed by atoms with van der Waals surface area (Å²) in [6, 6.07) is 15.7. The van der Waals surface area contributed by atoms with E-state index in [-0.39, 0.29) is 11.9 Å². The van der Waals surface area contributed by atoms with Crippen LogP contribution >= 0.6 is 0 Å². The van der Waals surface area contributed by atoms with E-state index in [1.165, 1.54) is 0 Å². The number of carbonyl (C=O) groups is 1. The van der Waals surface area contributed by atoms with Crippen molar-refractivity contribution in [2.24, 2.45) is 5.92 Å². The summed E-state index contributed by atoms with van der Waals surface area (Å²) in [6.07, 6.45) is 3.38. The number of ether oxygens (including phenoxy) is 2. The van der Waals surface area contributed by atoms with E-state index in [1.54, 1.807) is 24.2 Å². The van der Waals surface area contributed by atoms with Crippen LogP contribution in [0.4, 0.5) is 0 Å². The van der Waals surface area contributed by atoms with Crippen LogP contribution in [0, 0.1) is 5.92 Å². The first-order valence-corrected chi connectivity index (χ1v) is 9.23. The molecule has 1 amide bonds. The Balaban J connectivity index is 2.06. The van der Waals surface area contributed by atoms with Crippen LogP contribution in [0.15, 0.2) is 54.6 Å². The van der Waals surface area contributed by atoms with Gasteiger partial charge in [-0.25, -0.2) is 0 Å². The summed E-state index contributed by atoms with van der Waals surface area (Å²) in [6.45, 7) is 6.85. The molecule has 0 aliphatic rings. The van der Waals surface area contributed by atoms with Crippen LogP contribution in [0.1, 0.15) is 37.9 Å². The van der Waals surface area contributed by atoms with E-state index in [1.807, 2.05) is 62.5 Å². The second kappa shape index (κ2) is 9.81. The molecular weight excluding hydrogens is 338 g/mol. The molecule has 1 atom stereocenters. The molecule has 4 heteroatoms. The molecule has 0 fully saturated rings. The molecule has 0 saturated heterocycles. The third kappa shape index (κ3) is 5.88. The van der Waals surface area contributed by atoms with Crippen molar-refractivity contribution in [1.82, 2.24) is 4.90 Å². The molecule has 0 bridgehead atoms. The van der Waals surface area contributed by atoms with Crippen LogP contribution in [0.2, 0.25) is 0 Å². The smallest absolute Gasteiger partial charge is 0.246 e. The molecule has 0 aliphatic carbocycles. The summed E-state index contributed by atoms with van der Waals surface area (Å²) >= 11 is 0. The SMILES string of the molecule is COc1cc(/C=C/C(=O)N(C)C(C)c2ccccc2)ccc1OCC(C)C. The van der Waals surface area contributed by atoms with Crippen molar-refractivity contribution >= 4 is 12.0 Å². The molecule has 0 heterocycles. The van der Waals surface area contributed by atoms with Gasteiger partial charge in [-0.3, -0.25) is 4.79 Å². The molecule has 2 aromatic carbocycles. The molecule has 144 valence electrons. The molecule has 2 aromatic rings. The van der Waals surface area contributed by atoms with E-state index in [0.29, 0.717) is 24.0 Å². The monoisotopic (exact) mass is 367 g/mol. The summed E-state index contributed by atoms with van der Waals surface area (Å²) in [7, 11) is 3.43. The molecule has 0 radical (unpaired) electrons.